The first kappa shape index (κ1) is 42.1. The molecule has 0 nitrogen and oxygen atoms in total. The zero-order valence-corrected chi connectivity index (χ0v) is 42.8. The summed E-state index contributed by atoms with van der Waals surface area (Å²) in [6.07, 6.45) is 5.15. The van der Waals surface area contributed by atoms with Crippen LogP contribution in [0.1, 0.15) is 82.2 Å². The van der Waals surface area contributed by atoms with E-state index in [0.717, 1.165) is 12.1 Å². The molecule has 2 atom stereocenters. The number of hydrogen-bond acceptors (Lipinski definition) is 0. The third-order valence-electron chi connectivity index (χ3n) is 12.1. The Morgan fingerprint density at radius 3 is 1.15 bits per heavy atom. The number of fused-ring (bicyclic) bond motifs is 2. The molecule has 0 N–H and O–H groups in total. The van der Waals surface area contributed by atoms with Crippen LogP contribution in [0, 0.1) is 0 Å². The van der Waals surface area contributed by atoms with Gasteiger partial charge in [-0.15, -0.1) is 0 Å². The second kappa shape index (κ2) is 14.4. The van der Waals surface area contributed by atoms with Crippen LogP contribution in [0.2, 0.25) is 64.5 Å². The summed E-state index contributed by atoms with van der Waals surface area (Å²) in [5.41, 5.74) is 16.7. The molecule has 4 aromatic carbocycles. The fraction of sp³-hybridized carbons (Fsp3) is 0.417. The first-order valence-electron chi connectivity index (χ1n) is 20.3. The summed E-state index contributed by atoms with van der Waals surface area (Å²) >= 11 is -4.97. The van der Waals surface area contributed by atoms with E-state index in [-0.39, 0.29) is 18.1 Å². The van der Waals surface area contributed by atoms with Crippen LogP contribution in [-0.4, -0.2) is 22.1 Å². The Balaban J connectivity index is 1.59. The fourth-order valence-corrected chi connectivity index (χ4v) is 44.8. The van der Waals surface area contributed by atoms with Crippen LogP contribution in [-0.2, 0) is 26.4 Å². The van der Waals surface area contributed by atoms with E-state index < -0.39 is 37.6 Å². The van der Waals surface area contributed by atoms with Crippen LogP contribution < -0.4 is 0 Å². The predicted molar refractivity (Wildman–Crippen MR) is 249 cm³/mol. The normalized spacial score (nSPS) is 18.6. The van der Waals surface area contributed by atoms with E-state index in [4.69, 9.17) is 17.0 Å². The van der Waals surface area contributed by atoms with Gasteiger partial charge in [-0.05, 0) is 0 Å². The molecule has 2 aliphatic carbocycles. The van der Waals surface area contributed by atoms with Gasteiger partial charge in [-0.3, -0.25) is 0 Å². The standard InChI is InChI=1S/2C23H29Si.C2H7Si.2ClH.Zr/c2*1-23(2,3)20-12-10-18(11-13-20)21-9-7-8-19-14-17(15-22(19)21)16-24(4,5)6;1-3-2;;;/h2*7-15H,16H2,1-6H3;3H,1-2H3;2*1H;/q;;;;;+2/p-2. The molecule has 0 aromatic heterocycles. The number of rotatable bonds is 9. The minimum atomic E-state index is -4.97. The topological polar surface area (TPSA) is 0 Å². The van der Waals surface area contributed by atoms with Crippen LogP contribution in [0.15, 0.2) is 96.1 Å². The minimum absolute atomic E-state index is 0.104. The van der Waals surface area contributed by atoms with Crippen molar-refractivity contribution in [1.29, 1.82) is 0 Å². The van der Waals surface area contributed by atoms with Gasteiger partial charge in [0.05, 0.1) is 0 Å². The molecular formula is C48H65Cl2Si3Zr. The molecule has 0 amide bonds. The molecule has 4 aromatic rings. The van der Waals surface area contributed by atoms with E-state index in [1.165, 1.54) is 66.8 Å². The summed E-state index contributed by atoms with van der Waals surface area (Å²) in [7, 11) is 14.8. The Labute approximate surface area is 339 Å². The Morgan fingerprint density at radius 1 is 0.537 bits per heavy atom. The molecule has 0 saturated heterocycles. The molecule has 0 fully saturated rings. The van der Waals surface area contributed by atoms with E-state index in [1.807, 2.05) is 0 Å². The van der Waals surface area contributed by atoms with Gasteiger partial charge < -0.3 is 0 Å². The molecule has 6 rings (SSSR count). The van der Waals surface area contributed by atoms with Crippen molar-refractivity contribution in [2.45, 2.75) is 124 Å². The third-order valence-corrected chi connectivity index (χ3v) is 66.9. The summed E-state index contributed by atoms with van der Waals surface area (Å²) < 4.78 is 0.209. The number of benzene rings is 4. The summed E-state index contributed by atoms with van der Waals surface area (Å²) in [5.74, 6) is -1.69. The van der Waals surface area contributed by atoms with E-state index in [0.29, 0.717) is 0 Å². The van der Waals surface area contributed by atoms with E-state index in [9.17, 15) is 0 Å². The predicted octanol–water partition coefficient (Wildman–Crippen LogP) is 15.8. The number of hydrogen-bond donors (Lipinski definition) is 0. The first-order valence-corrected chi connectivity index (χ1v) is 44.0. The van der Waals surface area contributed by atoms with E-state index in [1.54, 1.807) is 0 Å². The van der Waals surface area contributed by atoms with Gasteiger partial charge in [0.15, 0.2) is 0 Å². The van der Waals surface area contributed by atoms with Gasteiger partial charge in [-0.25, -0.2) is 0 Å². The molecule has 2 aliphatic rings. The summed E-state index contributed by atoms with van der Waals surface area (Å²) in [6, 6.07) is 34.9. The fourth-order valence-electron chi connectivity index (χ4n) is 9.40. The average Bonchev–Trinajstić information content (AvgIpc) is 3.60. The van der Waals surface area contributed by atoms with Gasteiger partial charge in [0.25, 0.3) is 0 Å². The molecule has 0 saturated carbocycles. The Morgan fingerprint density at radius 2 is 0.870 bits per heavy atom. The molecule has 287 valence electrons. The van der Waals surface area contributed by atoms with Crippen LogP contribution in [0.3, 0.4) is 0 Å². The van der Waals surface area contributed by atoms with Crippen molar-refractivity contribution >= 4 is 51.2 Å². The molecule has 2 unspecified atom stereocenters. The maximum atomic E-state index is 8.97. The number of halogens is 2. The Kier molecular flexibility index (Phi) is 11.2. The van der Waals surface area contributed by atoms with Crippen LogP contribution in [0.5, 0.6) is 0 Å². The molecule has 54 heavy (non-hydrogen) atoms. The molecule has 0 aliphatic heterocycles. The summed E-state index contributed by atoms with van der Waals surface area (Å²) in [6.45, 7) is 33.8. The zero-order chi connectivity index (χ0) is 39.8. The number of allylic oxidation sites excluding steroid dienone is 2. The van der Waals surface area contributed by atoms with Crippen molar-refractivity contribution in [2.24, 2.45) is 0 Å². The second-order valence-electron chi connectivity index (χ2n) is 21.4. The van der Waals surface area contributed by atoms with Gasteiger partial charge in [0, 0.05) is 0 Å². The first-order chi connectivity index (χ1) is 24.8. The van der Waals surface area contributed by atoms with Gasteiger partial charge in [-0.1, -0.05) is 0 Å². The molecule has 0 bridgehead atoms. The monoisotopic (exact) mass is 885 g/mol. The zero-order valence-electron chi connectivity index (χ0n) is 35.6. The average molecular weight is 888 g/mol. The van der Waals surface area contributed by atoms with Crippen molar-refractivity contribution in [3.8, 4) is 22.3 Å². The summed E-state index contributed by atoms with van der Waals surface area (Å²) in [5, 5.41) is 0. The van der Waals surface area contributed by atoms with Crippen molar-refractivity contribution in [3.63, 3.8) is 0 Å². The van der Waals surface area contributed by atoms with Crippen molar-refractivity contribution in [3.05, 3.63) is 129 Å². The van der Waals surface area contributed by atoms with Crippen molar-refractivity contribution in [1.82, 2.24) is 0 Å². The summed E-state index contributed by atoms with van der Waals surface area (Å²) in [4.78, 5) is 0. The third kappa shape index (κ3) is 7.97. The van der Waals surface area contributed by atoms with Crippen LogP contribution >= 0.6 is 17.0 Å². The maximum absolute atomic E-state index is 8.97. The Bertz CT molecular complexity index is 1970. The quantitative estimate of drug-likeness (QED) is 0.147. The van der Waals surface area contributed by atoms with Crippen LogP contribution in [0.4, 0.5) is 0 Å². The SMILES string of the molecule is C[SiH](C)[Zr]([Cl])([Cl])([CH]1C(C[Si](C)(C)C)=Cc2c(-c3ccc(C(C)(C)C)cc3)cccc21)[CH]1C(C[Si](C)(C)C)=Cc2c(-c3ccc(C(C)(C)C)cc3)cccc21. The van der Waals surface area contributed by atoms with Crippen LogP contribution in [0.25, 0.3) is 34.4 Å². The van der Waals surface area contributed by atoms with Crippen molar-refractivity contribution in [2.75, 3.05) is 0 Å². The molecular weight excluding hydrogens is 823 g/mol. The van der Waals surface area contributed by atoms with E-state index in [2.05, 4.69) is 191 Å². The molecule has 0 radical (unpaired) electrons. The Hall–Kier alpha value is -1.53. The van der Waals surface area contributed by atoms with Gasteiger partial charge in [-0.2, -0.15) is 0 Å². The van der Waals surface area contributed by atoms with Gasteiger partial charge in [0.2, 0.25) is 0 Å². The van der Waals surface area contributed by atoms with E-state index >= 15 is 0 Å². The van der Waals surface area contributed by atoms with Gasteiger partial charge >= 0.3 is 343 Å². The molecule has 6 heteroatoms. The van der Waals surface area contributed by atoms with Crippen molar-refractivity contribution < 1.29 is 15.6 Å². The van der Waals surface area contributed by atoms with Gasteiger partial charge in [0.1, 0.15) is 0 Å². The molecule has 0 spiro atoms. The molecule has 0 heterocycles. The second-order valence-corrected chi connectivity index (χ2v) is 74.9.